The first-order valence-electron chi connectivity index (χ1n) is 19.6. The van der Waals surface area contributed by atoms with Gasteiger partial charge >= 0.3 is 0 Å². The van der Waals surface area contributed by atoms with Crippen LogP contribution in [-0.4, -0.2) is 19.5 Å². The second-order valence-corrected chi connectivity index (χ2v) is 15.3. The zero-order valence-corrected chi connectivity index (χ0v) is 31.5. The summed E-state index contributed by atoms with van der Waals surface area (Å²) in [6.45, 7) is 2.23. The van der Waals surface area contributed by atoms with Crippen LogP contribution in [0.1, 0.15) is 24.2 Å². The molecule has 0 amide bonds. The highest BCUT2D eigenvalue weighted by Gasteiger charge is 2.50. The van der Waals surface area contributed by atoms with E-state index in [-0.39, 0.29) is 5.92 Å². The summed E-state index contributed by atoms with van der Waals surface area (Å²) in [4.78, 5) is 15.3. The smallest absolute Gasteiger partial charge is 0.163 e. The molecule has 2 unspecified atom stereocenters. The molecule has 0 radical (unpaired) electrons. The zero-order chi connectivity index (χ0) is 38.4. The third-order valence-corrected chi connectivity index (χ3v) is 12.1. The minimum absolute atomic E-state index is 0.237. The number of rotatable bonds is 5. The minimum atomic E-state index is -0.603. The number of benzene rings is 7. The van der Waals surface area contributed by atoms with E-state index < -0.39 is 5.41 Å². The Bertz CT molecular complexity index is 3270. The summed E-state index contributed by atoms with van der Waals surface area (Å²) in [5.74, 6) is 3.40. The van der Waals surface area contributed by atoms with Crippen molar-refractivity contribution in [3.05, 3.63) is 199 Å². The highest BCUT2D eigenvalue weighted by molar-refractivity contribution is 6.19. The summed E-state index contributed by atoms with van der Waals surface area (Å²) in [5.41, 5.74) is 9.60. The molecule has 6 nitrogen and oxygen atoms in total. The van der Waals surface area contributed by atoms with Crippen molar-refractivity contribution in [3.63, 3.8) is 0 Å². The molecule has 10 aromatic rings. The van der Waals surface area contributed by atoms with E-state index >= 15 is 0 Å². The van der Waals surface area contributed by atoms with Crippen molar-refractivity contribution < 1.29 is 9.15 Å². The molecule has 1 aliphatic carbocycles. The number of nitrogens with zero attached hydrogens (tertiary/aromatic N) is 4. The summed E-state index contributed by atoms with van der Waals surface area (Å²) in [6.07, 6.45) is 6.32. The van der Waals surface area contributed by atoms with Crippen LogP contribution in [0.4, 0.5) is 0 Å². The second-order valence-electron chi connectivity index (χ2n) is 15.3. The number of para-hydroxylation sites is 3. The Morgan fingerprint density at radius 3 is 1.98 bits per heavy atom. The summed E-state index contributed by atoms with van der Waals surface area (Å²) in [7, 11) is 0. The Kier molecular flexibility index (Phi) is 7.02. The average molecular weight is 747 g/mol. The number of allylic oxidation sites excluding steroid dienone is 4. The second kappa shape index (κ2) is 12.5. The largest absolute Gasteiger partial charge is 0.460 e. The Labute approximate surface area is 334 Å². The molecule has 2 atom stereocenters. The fraction of sp³-hybridized carbons (Fsp3) is 0.0577. The van der Waals surface area contributed by atoms with Crippen molar-refractivity contribution in [2.45, 2.75) is 18.3 Å². The van der Waals surface area contributed by atoms with Gasteiger partial charge in [-0.1, -0.05) is 140 Å². The fourth-order valence-corrected chi connectivity index (χ4v) is 9.27. The molecule has 274 valence electrons. The van der Waals surface area contributed by atoms with Crippen molar-refractivity contribution in [2.75, 3.05) is 0 Å². The highest BCUT2D eigenvalue weighted by atomic mass is 16.5. The molecule has 6 heteroatoms. The number of aromatic nitrogens is 4. The van der Waals surface area contributed by atoms with Crippen molar-refractivity contribution in [3.8, 4) is 45.3 Å². The molecule has 1 aliphatic heterocycles. The first-order chi connectivity index (χ1) is 28.6. The maximum absolute atomic E-state index is 6.99. The van der Waals surface area contributed by atoms with Gasteiger partial charge in [0.05, 0.1) is 22.4 Å². The van der Waals surface area contributed by atoms with Crippen LogP contribution in [-0.2, 0) is 5.41 Å². The van der Waals surface area contributed by atoms with Gasteiger partial charge in [-0.15, -0.1) is 0 Å². The van der Waals surface area contributed by atoms with Gasteiger partial charge in [-0.3, -0.25) is 0 Å². The fourth-order valence-electron chi connectivity index (χ4n) is 9.27. The van der Waals surface area contributed by atoms with Crippen LogP contribution < -0.4 is 4.74 Å². The van der Waals surface area contributed by atoms with Gasteiger partial charge in [0, 0.05) is 49.5 Å². The molecule has 3 aromatic heterocycles. The highest BCUT2D eigenvalue weighted by Crippen LogP contribution is 2.56. The lowest BCUT2D eigenvalue weighted by Gasteiger charge is -2.33. The van der Waals surface area contributed by atoms with Crippen molar-refractivity contribution in [1.82, 2.24) is 19.5 Å². The Balaban J connectivity index is 1.03. The van der Waals surface area contributed by atoms with E-state index in [2.05, 4.69) is 133 Å². The molecule has 0 N–H and O–H groups in total. The van der Waals surface area contributed by atoms with Crippen LogP contribution in [0.5, 0.6) is 5.75 Å². The Morgan fingerprint density at radius 1 is 0.586 bits per heavy atom. The van der Waals surface area contributed by atoms with Gasteiger partial charge in [0.25, 0.3) is 0 Å². The van der Waals surface area contributed by atoms with Gasteiger partial charge in [0.2, 0.25) is 0 Å². The number of hydrogen-bond donors (Lipinski definition) is 0. The SMILES string of the molecule is CC12C(=CC=CC1c1nc(-c3ccccc3)nc(-c3ccccc3)n1)Oc1cc3c(cc12)oc1c(-c2cccc4c2c2ccccc2n4-c2ccccc2)cccc13. The molecule has 0 saturated carbocycles. The summed E-state index contributed by atoms with van der Waals surface area (Å²) in [6, 6.07) is 56.8. The first kappa shape index (κ1) is 32.7. The maximum Gasteiger partial charge on any atom is 0.163 e. The zero-order valence-electron chi connectivity index (χ0n) is 31.5. The first-order valence-corrected chi connectivity index (χ1v) is 19.6. The Hall–Kier alpha value is -7.57. The van der Waals surface area contributed by atoms with E-state index in [4.69, 9.17) is 24.1 Å². The monoisotopic (exact) mass is 746 g/mol. The third-order valence-electron chi connectivity index (χ3n) is 12.1. The van der Waals surface area contributed by atoms with Crippen LogP contribution in [0.15, 0.2) is 192 Å². The minimum Gasteiger partial charge on any atom is -0.460 e. The number of ether oxygens (including phenoxy) is 1. The van der Waals surface area contributed by atoms with Crippen LogP contribution in [0.3, 0.4) is 0 Å². The Morgan fingerprint density at radius 2 is 1.22 bits per heavy atom. The lowest BCUT2D eigenvalue weighted by atomic mass is 9.68. The van der Waals surface area contributed by atoms with Gasteiger partial charge in [-0.25, -0.2) is 15.0 Å². The predicted molar refractivity (Wildman–Crippen MR) is 232 cm³/mol. The van der Waals surface area contributed by atoms with Crippen molar-refractivity contribution >= 4 is 43.7 Å². The lowest BCUT2D eigenvalue weighted by molar-refractivity contribution is 0.352. The van der Waals surface area contributed by atoms with Gasteiger partial charge in [0.15, 0.2) is 11.6 Å². The molecule has 0 fully saturated rings. The molecule has 7 aromatic carbocycles. The summed E-state index contributed by atoms with van der Waals surface area (Å²) < 4.78 is 16.1. The predicted octanol–water partition coefficient (Wildman–Crippen LogP) is 12.8. The van der Waals surface area contributed by atoms with Gasteiger partial charge in [-0.05, 0) is 55.0 Å². The maximum atomic E-state index is 6.99. The third kappa shape index (κ3) is 4.75. The molecular formula is C52H34N4O2. The van der Waals surface area contributed by atoms with E-state index in [1.54, 1.807) is 0 Å². The van der Waals surface area contributed by atoms with E-state index in [1.165, 1.54) is 16.3 Å². The normalized spacial score (nSPS) is 17.1. The van der Waals surface area contributed by atoms with Crippen LogP contribution in [0.2, 0.25) is 0 Å². The standard InChI is InChI=1S/C52H34N4O2/c1-52-40(51-54-49(32-16-5-2-6-17-32)53-50(55-51)33-18-7-3-8-19-33)26-15-29-46(52)57-45-30-39-37-25-13-24-36(48(37)58-44(39)31-41(45)52)35-23-14-28-43-47(35)38-22-11-12-27-42(38)56(43)34-20-9-4-10-21-34/h2-31,40H,1H3. The molecule has 0 spiro atoms. The lowest BCUT2D eigenvalue weighted by Crippen LogP contribution is -2.32. The van der Waals surface area contributed by atoms with E-state index in [9.17, 15) is 0 Å². The number of hydrogen-bond acceptors (Lipinski definition) is 5. The van der Waals surface area contributed by atoms with Crippen LogP contribution in [0, 0.1) is 0 Å². The summed E-state index contributed by atoms with van der Waals surface area (Å²) >= 11 is 0. The molecule has 0 bridgehead atoms. The number of furan rings is 1. The molecule has 4 heterocycles. The average Bonchev–Trinajstić information content (AvgIpc) is 3.93. The van der Waals surface area contributed by atoms with Crippen LogP contribution >= 0.6 is 0 Å². The molecule has 58 heavy (non-hydrogen) atoms. The van der Waals surface area contributed by atoms with Crippen LogP contribution in [0.25, 0.3) is 83.3 Å². The van der Waals surface area contributed by atoms with Gasteiger partial charge in [-0.2, -0.15) is 0 Å². The number of fused-ring (bicyclic) bond motifs is 9. The topological polar surface area (TPSA) is 66.0 Å². The van der Waals surface area contributed by atoms with Crippen molar-refractivity contribution in [2.24, 2.45) is 0 Å². The molecular weight excluding hydrogens is 713 g/mol. The summed E-state index contributed by atoms with van der Waals surface area (Å²) in [5, 5.41) is 4.45. The van der Waals surface area contributed by atoms with Gasteiger partial charge in [0.1, 0.15) is 28.5 Å². The quantitative estimate of drug-likeness (QED) is 0.175. The van der Waals surface area contributed by atoms with E-state index in [1.807, 2.05) is 60.7 Å². The molecule has 2 aliphatic rings. The van der Waals surface area contributed by atoms with E-state index in [0.29, 0.717) is 17.5 Å². The molecule has 0 saturated heterocycles. The van der Waals surface area contributed by atoms with Gasteiger partial charge < -0.3 is 13.7 Å². The van der Waals surface area contributed by atoms with Crippen molar-refractivity contribution in [1.29, 1.82) is 0 Å². The molecule has 12 rings (SSSR count). The van der Waals surface area contributed by atoms with E-state index in [0.717, 1.165) is 72.5 Å².